The number of piperidine rings is 1. The van der Waals surface area contributed by atoms with Crippen molar-refractivity contribution in [1.82, 2.24) is 15.5 Å². The maximum absolute atomic E-state index is 13.2. The zero-order chi connectivity index (χ0) is 28.4. The zero-order valence-electron chi connectivity index (χ0n) is 23.3. The SMILES string of the molecule is C.COc1ccc2c3c1O[C@H]1C(OC(=O)[C@H](C)OC(=O)[C@H](C)NC(=O)[C@@H]4CCCN4)=CC[C@@]4(O)[C@@H](C2)N(C)CC[C@]314. The number of rotatable bonds is 7. The number of benzene rings is 1. The Labute approximate surface area is 240 Å². The molecule has 0 unspecified atom stereocenters. The van der Waals surface area contributed by atoms with Crippen molar-refractivity contribution in [3.05, 3.63) is 35.1 Å². The van der Waals surface area contributed by atoms with Gasteiger partial charge >= 0.3 is 11.9 Å². The fourth-order valence-electron chi connectivity index (χ4n) is 7.39. The number of nitrogens with one attached hydrogen (secondary N) is 2. The molecule has 7 atom stereocenters. The lowest BCUT2D eigenvalue weighted by atomic mass is 9.50. The van der Waals surface area contributed by atoms with Gasteiger partial charge in [0.2, 0.25) is 5.91 Å². The van der Waals surface area contributed by atoms with E-state index in [0.717, 1.165) is 30.6 Å². The van der Waals surface area contributed by atoms with Gasteiger partial charge in [-0.3, -0.25) is 4.79 Å². The third-order valence-electron chi connectivity index (χ3n) is 9.49. The number of esters is 2. The van der Waals surface area contributed by atoms with Crippen LogP contribution in [0.1, 0.15) is 58.1 Å². The van der Waals surface area contributed by atoms with Crippen LogP contribution in [0.15, 0.2) is 24.0 Å². The predicted octanol–water partition coefficient (Wildman–Crippen LogP) is 1.34. The highest BCUT2D eigenvalue weighted by Gasteiger charge is 2.72. The molecule has 1 aromatic carbocycles. The molecule has 3 heterocycles. The van der Waals surface area contributed by atoms with E-state index in [1.165, 1.54) is 13.8 Å². The molecule has 2 aliphatic carbocycles. The van der Waals surface area contributed by atoms with Gasteiger partial charge in [0.05, 0.1) is 24.2 Å². The van der Waals surface area contributed by atoms with E-state index in [1.54, 1.807) is 13.2 Å². The largest absolute Gasteiger partial charge is 0.493 e. The molecule has 1 amide bonds. The van der Waals surface area contributed by atoms with E-state index in [9.17, 15) is 19.5 Å². The van der Waals surface area contributed by atoms with Crippen LogP contribution in [-0.4, -0.2) is 91.0 Å². The molecule has 41 heavy (non-hydrogen) atoms. The summed E-state index contributed by atoms with van der Waals surface area (Å²) in [6.45, 7) is 4.46. The summed E-state index contributed by atoms with van der Waals surface area (Å²) in [6.07, 6.45) is 2.95. The lowest BCUT2D eigenvalue weighted by Crippen LogP contribution is -2.74. The first-order chi connectivity index (χ1) is 19.1. The van der Waals surface area contributed by atoms with E-state index in [-0.39, 0.29) is 31.8 Å². The fraction of sp³-hybridized carbons (Fsp3) is 0.633. The summed E-state index contributed by atoms with van der Waals surface area (Å²) in [7, 11) is 3.60. The Hall–Kier alpha value is -3.15. The number of carbonyl (C=O) groups is 3. The van der Waals surface area contributed by atoms with Gasteiger partial charge in [-0.25, -0.2) is 9.59 Å². The number of ether oxygens (including phenoxy) is 4. The third-order valence-corrected chi connectivity index (χ3v) is 9.49. The molecule has 0 radical (unpaired) electrons. The summed E-state index contributed by atoms with van der Waals surface area (Å²) in [5.41, 5.74) is 0.105. The lowest BCUT2D eigenvalue weighted by Gasteiger charge is -2.61. The predicted molar refractivity (Wildman–Crippen MR) is 148 cm³/mol. The number of carbonyl (C=O) groups excluding carboxylic acids is 3. The topological polar surface area (TPSA) is 136 Å². The summed E-state index contributed by atoms with van der Waals surface area (Å²) in [4.78, 5) is 40.4. The van der Waals surface area contributed by atoms with Crippen LogP contribution in [-0.2, 0) is 35.7 Å². The summed E-state index contributed by atoms with van der Waals surface area (Å²) in [5.74, 6) is -0.320. The molecule has 2 bridgehead atoms. The number of methoxy groups -OCH3 is 1. The summed E-state index contributed by atoms with van der Waals surface area (Å²) < 4.78 is 23.3. The molecule has 5 aliphatic rings. The van der Waals surface area contributed by atoms with Crippen LogP contribution in [0.5, 0.6) is 11.5 Å². The van der Waals surface area contributed by atoms with Crippen LogP contribution in [0.4, 0.5) is 0 Å². The van der Waals surface area contributed by atoms with Crippen molar-refractivity contribution in [3.8, 4) is 11.5 Å². The molecular weight excluding hydrogens is 530 g/mol. The number of aliphatic hydroxyl groups is 1. The molecule has 6 rings (SSSR count). The highest BCUT2D eigenvalue weighted by atomic mass is 16.6. The number of nitrogens with zero attached hydrogens (tertiary/aromatic N) is 1. The van der Waals surface area contributed by atoms with Gasteiger partial charge in [0.1, 0.15) is 11.8 Å². The van der Waals surface area contributed by atoms with Gasteiger partial charge in [0.15, 0.2) is 23.7 Å². The van der Waals surface area contributed by atoms with E-state index < -0.39 is 41.2 Å². The average molecular weight is 572 g/mol. The van der Waals surface area contributed by atoms with Gasteiger partial charge in [0.25, 0.3) is 0 Å². The molecule has 11 nitrogen and oxygen atoms in total. The second kappa shape index (κ2) is 10.6. The number of hydrogen-bond donors (Lipinski definition) is 3. The monoisotopic (exact) mass is 571 g/mol. The second-order valence-electron chi connectivity index (χ2n) is 11.7. The molecule has 0 saturated carbocycles. The highest BCUT2D eigenvalue weighted by Crippen LogP contribution is 2.65. The number of likely N-dealkylation sites (tertiary alicyclic amines) is 1. The Balaban J connectivity index is 0.00000337. The van der Waals surface area contributed by atoms with E-state index >= 15 is 0 Å². The second-order valence-corrected chi connectivity index (χ2v) is 11.7. The molecule has 224 valence electrons. The first kappa shape index (κ1) is 29.3. The lowest BCUT2D eigenvalue weighted by molar-refractivity contribution is -0.176. The molecule has 2 saturated heterocycles. The van der Waals surface area contributed by atoms with Crippen LogP contribution in [0.2, 0.25) is 0 Å². The summed E-state index contributed by atoms with van der Waals surface area (Å²) in [6, 6.07) is 2.53. The van der Waals surface area contributed by atoms with Gasteiger partial charge in [0, 0.05) is 18.0 Å². The quantitative estimate of drug-likeness (QED) is 0.412. The Kier molecular flexibility index (Phi) is 7.59. The third kappa shape index (κ3) is 4.31. The van der Waals surface area contributed by atoms with Gasteiger partial charge in [-0.15, -0.1) is 0 Å². The van der Waals surface area contributed by atoms with Gasteiger partial charge in [-0.05, 0) is 77.4 Å². The van der Waals surface area contributed by atoms with Crippen molar-refractivity contribution in [2.45, 2.75) is 94.7 Å². The Bertz CT molecular complexity index is 1280. The number of likely N-dealkylation sites (N-methyl/N-ethyl adjacent to an activating group) is 1. The minimum atomic E-state index is -1.22. The van der Waals surface area contributed by atoms with Crippen molar-refractivity contribution in [1.29, 1.82) is 0 Å². The maximum atomic E-state index is 13.2. The van der Waals surface area contributed by atoms with E-state index in [1.807, 2.05) is 19.2 Å². The summed E-state index contributed by atoms with van der Waals surface area (Å²) >= 11 is 0. The molecule has 3 aliphatic heterocycles. The van der Waals surface area contributed by atoms with Crippen molar-refractivity contribution >= 4 is 17.8 Å². The van der Waals surface area contributed by atoms with Gasteiger partial charge in [-0.1, -0.05) is 13.5 Å². The minimum absolute atomic E-state index is 0. The molecule has 2 fully saturated rings. The van der Waals surface area contributed by atoms with Crippen LogP contribution >= 0.6 is 0 Å². The van der Waals surface area contributed by atoms with Crippen LogP contribution in [0.25, 0.3) is 0 Å². The van der Waals surface area contributed by atoms with Crippen molar-refractivity contribution in [3.63, 3.8) is 0 Å². The van der Waals surface area contributed by atoms with Gasteiger partial charge in [-0.2, -0.15) is 0 Å². The van der Waals surface area contributed by atoms with Crippen LogP contribution in [0.3, 0.4) is 0 Å². The number of amides is 1. The van der Waals surface area contributed by atoms with E-state index in [4.69, 9.17) is 18.9 Å². The Morgan fingerprint density at radius 1 is 1.24 bits per heavy atom. The smallest absolute Gasteiger partial charge is 0.352 e. The van der Waals surface area contributed by atoms with Crippen molar-refractivity contribution in [2.24, 2.45) is 0 Å². The van der Waals surface area contributed by atoms with E-state index in [0.29, 0.717) is 36.5 Å². The molecule has 11 heteroatoms. The average Bonchev–Trinajstić information content (AvgIpc) is 3.59. The zero-order valence-corrected chi connectivity index (χ0v) is 23.3. The maximum Gasteiger partial charge on any atom is 0.352 e. The van der Waals surface area contributed by atoms with Gasteiger partial charge < -0.3 is 39.6 Å². The molecule has 3 N–H and O–H groups in total. The van der Waals surface area contributed by atoms with Crippen LogP contribution < -0.4 is 20.1 Å². The highest BCUT2D eigenvalue weighted by molar-refractivity contribution is 5.88. The molecule has 0 aromatic heterocycles. The van der Waals surface area contributed by atoms with E-state index in [2.05, 4.69) is 15.5 Å². The minimum Gasteiger partial charge on any atom is -0.493 e. The fourth-order valence-corrected chi connectivity index (χ4v) is 7.39. The number of hydrogen-bond acceptors (Lipinski definition) is 10. The standard InChI is InChI=1S/C29H37N3O8.CH4/c1-15(31-25(33)18-6-5-12-30-18)26(34)38-16(2)27(35)39-20-9-10-29(36)21-14-17-7-8-19(37-4)23-22(17)28(29,24(20)40-23)11-13-32(21)3;/h7-9,15-16,18,21,24,30,36H,5-6,10-14H2,1-4H3,(H,31,33);1H4/t15-,16-,18-,21+,24-,28-,29+;/m0./s1. The molecular formula is C30H41N3O8. The molecule has 1 aromatic rings. The Morgan fingerprint density at radius 3 is 2.73 bits per heavy atom. The first-order valence-electron chi connectivity index (χ1n) is 14.1. The normalized spacial score (nSPS) is 32.3. The van der Waals surface area contributed by atoms with Crippen molar-refractivity contribution in [2.75, 3.05) is 27.2 Å². The molecule has 1 spiro atoms. The Morgan fingerprint density at radius 2 is 2.02 bits per heavy atom. The van der Waals surface area contributed by atoms with Crippen molar-refractivity contribution < 1.29 is 38.4 Å². The first-order valence-corrected chi connectivity index (χ1v) is 14.1. The van der Waals surface area contributed by atoms with Crippen LogP contribution in [0, 0.1) is 0 Å². The summed E-state index contributed by atoms with van der Waals surface area (Å²) in [5, 5.41) is 18.0.